The van der Waals surface area contributed by atoms with Gasteiger partial charge in [-0.2, -0.15) is 0 Å². The summed E-state index contributed by atoms with van der Waals surface area (Å²) < 4.78 is 1.10. The number of hydrogen-bond acceptors (Lipinski definition) is 4. The predicted octanol–water partition coefficient (Wildman–Crippen LogP) is 1.30. The van der Waals surface area contributed by atoms with Crippen LogP contribution in [-0.4, -0.2) is 35.4 Å². The second-order valence-corrected chi connectivity index (χ2v) is 6.25. The highest BCUT2D eigenvalue weighted by atomic mass is 79.9. The molecule has 0 spiro atoms. The van der Waals surface area contributed by atoms with E-state index in [0.29, 0.717) is 6.42 Å². The SMILES string of the molecule is O=C(CCCc1ccc(Br)s1)NCC(O)CO. The Kier molecular flexibility index (Phi) is 6.72. The lowest BCUT2D eigenvalue weighted by molar-refractivity contribution is -0.121. The van der Waals surface area contributed by atoms with Crippen molar-refractivity contribution in [2.24, 2.45) is 0 Å². The highest BCUT2D eigenvalue weighted by Crippen LogP contribution is 2.23. The molecule has 0 aliphatic carbocycles. The monoisotopic (exact) mass is 321 g/mol. The van der Waals surface area contributed by atoms with E-state index in [-0.39, 0.29) is 19.1 Å². The van der Waals surface area contributed by atoms with E-state index in [2.05, 4.69) is 21.2 Å². The molecule has 1 unspecified atom stereocenters. The number of thiophene rings is 1. The van der Waals surface area contributed by atoms with Crippen LogP contribution in [0.5, 0.6) is 0 Å². The number of aliphatic hydroxyl groups is 2. The first kappa shape index (κ1) is 14.6. The standard InChI is InChI=1S/C11H16BrNO3S/c12-10-5-4-9(17-10)2-1-3-11(16)13-6-8(15)7-14/h4-5,8,14-15H,1-3,6-7H2,(H,13,16). The molecule has 0 radical (unpaired) electrons. The van der Waals surface area contributed by atoms with E-state index in [1.165, 1.54) is 4.88 Å². The van der Waals surface area contributed by atoms with E-state index < -0.39 is 6.10 Å². The smallest absolute Gasteiger partial charge is 0.220 e. The van der Waals surface area contributed by atoms with Crippen LogP contribution in [0.2, 0.25) is 0 Å². The van der Waals surface area contributed by atoms with Crippen molar-refractivity contribution in [3.05, 3.63) is 20.8 Å². The fourth-order valence-corrected chi connectivity index (χ4v) is 2.82. The average molecular weight is 322 g/mol. The molecule has 0 fully saturated rings. The van der Waals surface area contributed by atoms with Crippen molar-refractivity contribution in [1.29, 1.82) is 0 Å². The molecule has 1 aromatic heterocycles. The summed E-state index contributed by atoms with van der Waals surface area (Å²) in [4.78, 5) is 12.6. The summed E-state index contributed by atoms with van der Waals surface area (Å²) in [5.41, 5.74) is 0. The summed E-state index contributed by atoms with van der Waals surface area (Å²) in [6.45, 7) is -0.219. The van der Waals surface area contributed by atoms with E-state index in [1.807, 2.05) is 12.1 Å². The maximum atomic E-state index is 11.3. The fraction of sp³-hybridized carbons (Fsp3) is 0.545. The molecule has 1 amide bonds. The van der Waals surface area contributed by atoms with Crippen LogP contribution in [0.3, 0.4) is 0 Å². The summed E-state index contributed by atoms with van der Waals surface area (Å²) in [6.07, 6.45) is 1.24. The van der Waals surface area contributed by atoms with E-state index >= 15 is 0 Å². The topological polar surface area (TPSA) is 69.6 Å². The Balaban J connectivity index is 2.12. The van der Waals surface area contributed by atoms with Gasteiger partial charge in [0.1, 0.15) is 0 Å². The van der Waals surface area contributed by atoms with Gasteiger partial charge in [-0.15, -0.1) is 11.3 Å². The fourth-order valence-electron chi connectivity index (χ4n) is 1.29. The van der Waals surface area contributed by atoms with Gasteiger partial charge in [-0.3, -0.25) is 4.79 Å². The number of aliphatic hydroxyl groups excluding tert-OH is 2. The average Bonchev–Trinajstić information content (AvgIpc) is 2.72. The summed E-state index contributed by atoms with van der Waals surface area (Å²) in [5, 5.41) is 20.2. The van der Waals surface area contributed by atoms with Crippen LogP contribution in [-0.2, 0) is 11.2 Å². The maximum Gasteiger partial charge on any atom is 0.220 e. The van der Waals surface area contributed by atoms with Crippen molar-refractivity contribution in [1.82, 2.24) is 5.32 Å². The van der Waals surface area contributed by atoms with Gasteiger partial charge in [-0.25, -0.2) is 0 Å². The number of aryl methyl sites for hydroxylation is 1. The van der Waals surface area contributed by atoms with Crippen molar-refractivity contribution < 1.29 is 15.0 Å². The van der Waals surface area contributed by atoms with Gasteiger partial charge in [0.15, 0.2) is 0 Å². The zero-order valence-electron chi connectivity index (χ0n) is 9.36. The number of carbonyl (C=O) groups excluding carboxylic acids is 1. The minimum absolute atomic E-state index is 0.0897. The van der Waals surface area contributed by atoms with Gasteiger partial charge < -0.3 is 15.5 Å². The molecule has 0 aromatic carbocycles. The first-order chi connectivity index (χ1) is 8.11. The lowest BCUT2D eigenvalue weighted by atomic mass is 10.2. The molecular weight excluding hydrogens is 306 g/mol. The Hall–Kier alpha value is -0.430. The number of halogens is 1. The van der Waals surface area contributed by atoms with Gasteiger partial charge in [-0.1, -0.05) is 0 Å². The van der Waals surface area contributed by atoms with Crippen molar-refractivity contribution >= 4 is 33.2 Å². The molecule has 1 atom stereocenters. The van der Waals surface area contributed by atoms with Crippen molar-refractivity contribution in [2.45, 2.75) is 25.4 Å². The molecular formula is C11H16BrNO3S. The first-order valence-corrected chi connectivity index (χ1v) is 7.02. The highest BCUT2D eigenvalue weighted by Gasteiger charge is 2.06. The van der Waals surface area contributed by atoms with Crippen LogP contribution in [0.25, 0.3) is 0 Å². The van der Waals surface area contributed by atoms with Crippen LogP contribution >= 0.6 is 27.3 Å². The lowest BCUT2D eigenvalue weighted by Crippen LogP contribution is -2.33. The number of amides is 1. The molecule has 0 saturated heterocycles. The third-order valence-electron chi connectivity index (χ3n) is 2.20. The first-order valence-electron chi connectivity index (χ1n) is 5.41. The van der Waals surface area contributed by atoms with Crippen molar-refractivity contribution in [3.63, 3.8) is 0 Å². The summed E-state index contributed by atoms with van der Waals surface area (Å²) in [6, 6.07) is 4.04. The molecule has 96 valence electrons. The normalized spacial score (nSPS) is 12.4. The van der Waals surface area contributed by atoms with Crippen molar-refractivity contribution in [2.75, 3.05) is 13.2 Å². The van der Waals surface area contributed by atoms with E-state index in [1.54, 1.807) is 11.3 Å². The van der Waals surface area contributed by atoms with Crippen LogP contribution < -0.4 is 5.32 Å². The van der Waals surface area contributed by atoms with Crippen LogP contribution in [0, 0.1) is 0 Å². The quantitative estimate of drug-likeness (QED) is 0.709. The van der Waals surface area contributed by atoms with Gasteiger partial charge in [0.2, 0.25) is 5.91 Å². The van der Waals surface area contributed by atoms with Gasteiger partial charge >= 0.3 is 0 Å². The third-order valence-corrected chi connectivity index (χ3v) is 3.88. The number of nitrogens with one attached hydrogen (secondary N) is 1. The van der Waals surface area contributed by atoms with Crippen LogP contribution in [0.4, 0.5) is 0 Å². The molecule has 17 heavy (non-hydrogen) atoms. The molecule has 4 nitrogen and oxygen atoms in total. The molecule has 3 N–H and O–H groups in total. The molecule has 1 aromatic rings. The summed E-state index contributed by atoms with van der Waals surface area (Å²) in [7, 11) is 0. The molecule has 0 aliphatic rings. The largest absolute Gasteiger partial charge is 0.394 e. The number of hydrogen-bond donors (Lipinski definition) is 3. The summed E-state index contributed by atoms with van der Waals surface area (Å²) in [5.74, 6) is -0.0897. The Morgan fingerprint density at radius 1 is 1.53 bits per heavy atom. The Labute approximate surface area is 113 Å². The van der Waals surface area contributed by atoms with Gasteiger partial charge in [0.25, 0.3) is 0 Å². The zero-order valence-corrected chi connectivity index (χ0v) is 11.8. The van der Waals surface area contributed by atoms with Crippen LogP contribution in [0.1, 0.15) is 17.7 Å². The molecule has 0 aliphatic heterocycles. The second-order valence-electron chi connectivity index (χ2n) is 3.70. The third kappa shape index (κ3) is 6.16. The highest BCUT2D eigenvalue weighted by molar-refractivity contribution is 9.11. The zero-order chi connectivity index (χ0) is 12.7. The van der Waals surface area contributed by atoms with E-state index in [4.69, 9.17) is 10.2 Å². The number of carbonyl (C=O) groups is 1. The molecule has 0 bridgehead atoms. The van der Waals surface area contributed by atoms with E-state index in [0.717, 1.165) is 16.6 Å². The predicted molar refractivity (Wildman–Crippen MR) is 71.1 cm³/mol. The van der Waals surface area contributed by atoms with Crippen molar-refractivity contribution in [3.8, 4) is 0 Å². The van der Waals surface area contributed by atoms with Gasteiger partial charge in [-0.05, 0) is 40.9 Å². The molecule has 1 heterocycles. The number of rotatable bonds is 7. The Bertz CT molecular complexity index is 356. The van der Waals surface area contributed by atoms with E-state index in [9.17, 15) is 4.79 Å². The Morgan fingerprint density at radius 2 is 2.29 bits per heavy atom. The second kappa shape index (κ2) is 7.81. The lowest BCUT2D eigenvalue weighted by Gasteiger charge is -2.08. The minimum atomic E-state index is -0.868. The summed E-state index contributed by atoms with van der Waals surface area (Å²) >= 11 is 5.06. The molecule has 1 rings (SSSR count). The minimum Gasteiger partial charge on any atom is -0.394 e. The van der Waals surface area contributed by atoms with Gasteiger partial charge in [0.05, 0.1) is 16.5 Å². The van der Waals surface area contributed by atoms with Gasteiger partial charge in [0, 0.05) is 17.8 Å². The Morgan fingerprint density at radius 3 is 2.88 bits per heavy atom. The van der Waals surface area contributed by atoms with Crippen LogP contribution in [0.15, 0.2) is 15.9 Å². The maximum absolute atomic E-state index is 11.3. The molecule has 6 heteroatoms. The molecule has 0 saturated carbocycles.